The molecule has 0 aliphatic heterocycles. The maximum atomic E-state index is 11.7. The molecule has 7 amide bonds. The average Bonchev–Trinajstić information content (AvgIpc) is 4.07. The third kappa shape index (κ3) is 64.1. The Balaban J connectivity index is -0.000000290. The quantitative estimate of drug-likeness (QED) is 0.0384. The van der Waals surface area contributed by atoms with Gasteiger partial charge in [0.2, 0.25) is 41.4 Å². The molecule has 0 radical (unpaired) electrons. The van der Waals surface area contributed by atoms with Gasteiger partial charge in [0.25, 0.3) is 0 Å². The first-order valence-electron chi connectivity index (χ1n) is 32.0. The first-order valence-corrected chi connectivity index (χ1v) is 32.0. The van der Waals surface area contributed by atoms with Crippen molar-refractivity contribution in [2.75, 3.05) is 67.1 Å². The van der Waals surface area contributed by atoms with Crippen LogP contribution in [-0.2, 0) is 33.6 Å². The van der Waals surface area contributed by atoms with E-state index in [1.54, 1.807) is 58.5 Å². The summed E-state index contributed by atoms with van der Waals surface area (Å²) in [7, 11) is 5.40. The monoisotopic (exact) mass is 1200 g/mol. The third-order valence-corrected chi connectivity index (χ3v) is 12.8. The van der Waals surface area contributed by atoms with E-state index in [1.807, 2.05) is 95.0 Å². The Morgan fingerprint density at radius 2 is 0.798 bits per heavy atom. The lowest BCUT2D eigenvalue weighted by molar-refractivity contribution is -0.133. The number of amides is 7. The summed E-state index contributed by atoms with van der Waals surface area (Å²) in [5.74, 6) is 5.37. The summed E-state index contributed by atoms with van der Waals surface area (Å²) in [5.41, 5.74) is -1.62. The first kappa shape index (κ1) is 88.9. The average molecular weight is 1200 g/mol. The molecule has 18 heteroatoms. The molecule has 18 nitrogen and oxygen atoms in total. The Morgan fingerprint density at radius 3 is 1.14 bits per heavy atom. The lowest BCUT2D eigenvalue weighted by Gasteiger charge is -2.26. The Hall–Kier alpha value is -3.87. The summed E-state index contributed by atoms with van der Waals surface area (Å²) in [4.78, 5) is 83.7. The molecular weight excluding hydrogens is 1070 g/mol. The van der Waals surface area contributed by atoms with Crippen LogP contribution in [0.4, 0.5) is 0 Å². The van der Waals surface area contributed by atoms with Crippen molar-refractivity contribution in [3.05, 3.63) is 0 Å². The minimum absolute atomic E-state index is 0.00380. The lowest BCUT2D eigenvalue weighted by atomic mass is 10.1. The van der Waals surface area contributed by atoms with Crippen molar-refractivity contribution in [3.8, 4) is 0 Å². The zero-order valence-electron chi connectivity index (χ0n) is 58.4. The van der Waals surface area contributed by atoms with Gasteiger partial charge in [0, 0.05) is 105 Å². The predicted molar refractivity (Wildman–Crippen MR) is 347 cm³/mol. The van der Waals surface area contributed by atoms with E-state index < -0.39 is 11.2 Å². The van der Waals surface area contributed by atoms with Crippen molar-refractivity contribution < 1.29 is 54.0 Å². The molecule has 2 fully saturated rings. The van der Waals surface area contributed by atoms with Gasteiger partial charge in [0.1, 0.15) is 0 Å². The van der Waals surface area contributed by atoms with Gasteiger partial charge >= 0.3 is 0 Å². The summed E-state index contributed by atoms with van der Waals surface area (Å²) >= 11 is 0. The smallest absolute Gasteiger partial charge is 0.222 e. The second-order valence-electron chi connectivity index (χ2n) is 27.9. The van der Waals surface area contributed by atoms with Crippen LogP contribution < -0.4 is 21.3 Å². The maximum Gasteiger partial charge on any atom is 0.222 e. The number of nitrogens with one attached hydrogen (secondary N) is 4. The van der Waals surface area contributed by atoms with Crippen LogP contribution in [-0.4, -0.2) is 167 Å². The third-order valence-electron chi connectivity index (χ3n) is 12.8. The second kappa shape index (κ2) is 51.2. The number of aliphatic hydroxyl groups excluding tert-OH is 2. The van der Waals surface area contributed by atoms with Crippen molar-refractivity contribution in [3.63, 3.8) is 0 Å². The number of carbonyl (C=O) groups excluding carboxylic acids is 7. The molecule has 2 unspecified atom stereocenters. The standard InChI is InChI=1S/C12H23NO.C11H21NO.C10H21NO2.2C9H19NO2.C8H17NO2.C7H15NO/c1-10(2)8-12(14)13(3)9-11-6-4-5-7-11;1-9(2)7-11(13)12-8-10-5-3-4-6-10;1-8(2)6-9(12)11(5)7-10(3,4)13;1-7(2)5-8(11)10-6-9(3,4)12;1-7(2)5-9(12)10(4)8(3)6-11;1-6(2)4-8(11)9-7(3)5-10;1-4-8-7(9)5-6(2)3/h10-11H,4-9H2,1-3H3;9-10H,3-8H2,1-2H3,(H,12,13);8,13H,6-7H2,1-5H3;7,12H,5-6H2,1-4H3,(H,10,11);7-8,11H,5-6H2,1-4H3;6-7,10H,4-5H2,1-3H3,(H,9,11);6H,4-5H2,1-3H3,(H,8,9). The fourth-order valence-corrected chi connectivity index (χ4v) is 8.29. The number of nitrogens with zero attached hydrogens (tertiary/aromatic N) is 3. The van der Waals surface area contributed by atoms with Gasteiger partial charge in [-0.2, -0.15) is 0 Å². The van der Waals surface area contributed by atoms with Gasteiger partial charge in [-0.1, -0.05) is 123 Å². The van der Waals surface area contributed by atoms with Gasteiger partial charge in [-0.15, -0.1) is 0 Å². The lowest BCUT2D eigenvalue weighted by Crippen LogP contribution is -2.40. The maximum absolute atomic E-state index is 11.7. The summed E-state index contributed by atoms with van der Waals surface area (Å²) in [5, 5.41) is 47.3. The molecule has 2 saturated carbocycles. The van der Waals surface area contributed by atoms with Gasteiger partial charge in [0.15, 0.2) is 0 Å². The van der Waals surface area contributed by atoms with Gasteiger partial charge < -0.3 is 56.4 Å². The fourth-order valence-electron chi connectivity index (χ4n) is 8.29. The van der Waals surface area contributed by atoms with Crippen molar-refractivity contribution in [2.24, 2.45) is 53.3 Å². The van der Waals surface area contributed by atoms with Crippen LogP contribution in [0, 0.1) is 53.3 Å². The van der Waals surface area contributed by atoms with Crippen molar-refractivity contribution in [2.45, 2.75) is 265 Å². The van der Waals surface area contributed by atoms with Crippen LogP contribution in [0.15, 0.2) is 0 Å². The van der Waals surface area contributed by atoms with Gasteiger partial charge in [0.05, 0.1) is 30.5 Å². The topological polar surface area (TPSA) is 258 Å². The first-order chi connectivity index (χ1) is 38.5. The van der Waals surface area contributed by atoms with Gasteiger partial charge in [-0.3, -0.25) is 33.6 Å². The summed E-state index contributed by atoms with van der Waals surface area (Å²) in [6.07, 6.45) is 14.9. The number of aliphatic hydroxyl groups is 4. The predicted octanol–water partition coefficient (Wildman–Crippen LogP) is 9.77. The number of rotatable bonds is 27. The molecule has 0 saturated heterocycles. The molecule has 2 aliphatic carbocycles. The van der Waals surface area contributed by atoms with Gasteiger partial charge in [-0.25, -0.2) is 0 Å². The molecule has 2 rings (SSSR count). The normalized spacial score (nSPS) is 13.9. The van der Waals surface area contributed by atoms with Crippen molar-refractivity contribution in [1.29, 1.82) is 0 Å². The zero-order chi connectivity index (χ0) is 66.5. The summed E-state index contributed by atoms with van der Waals surface area (Å²) in [6.45, 7) is 44.1. The van der Waals surface area contributed by atoms with Crippen LogP contribution in [0.3, 0.4) is 0 Å². The van der Waals surface area contributed by atoms with E-state index >= 15 is 0 Å². The summed E-state index contributed by atoms with van der Waals surface area (Å²) < 4.78 is 0. The second-order valence-corrected chi connectivity index (χ2v) is 27.9. The molecule has 0 spiro atoms. The molecule has 8 N–H and O–H groups in total. The number of hydrogen-bond donors (Lipinski definition) is 8. The highest BCUT2D eigenvalue weighted by Gasteiger charge is 2.22. The van der Waals surface area contributed by atoms with Crippen LogP contribution in [0.2, 0.25) is 0 Å². The van der Waals surface area contributed by atoms with E-state index in [4.69, 9.17) is 10.2 Å². The molecule has 500 valence electrons. The number of carbonyl (C=O) groups is 7. The van der Waals surface area contributed by atoms with Crippen LogP contribution in [0.25, 0.3) is 0 Å². The highest BCUT2D eigenvalue weighted by molar-refractivity contribution is 5.78. The minimum Gasteiger partial charge on any atom is -0.394 e. The molecule has 0 aromatic carbocycles. The molecule has 84 heavy (non-hydrogen) atoms. The largest absolute Gasteiger partial charge is 0.394 e. The molecule has 0 bridgehead atoms. The van der Waals surface area contributed by atoms with E-state index in [0.29, 0.717) is 105 Å². The van der Waals surface area contributed by atoms with E-state index in [0.717, 1.165) is 31.5 Å². The van der Waals surface area contributed by atoms with Crippen LogP contribution in [0.5, 0.6) is 0 Å². The van der Waals surface area contributed by atoms with E-state index in [-0.39, 0.29) is 60.7 Å². The molecular formula is C66H135N7O11. The molecule has 0 aromatic rings. The SMILES string of the molecule is CC(C)CC(=O)N(C)C(C)CO.CC(C)CC(=O)N(C)CC(C)(C)O.CC(C)CC(=O)N(C)CC1CCCC1.CC(C)CC(=O)NC(C)CO.CC(C)CC(=O)NCC(C)(C)O.CC(C)CC(=O)NCC1CCCC1.CCNC(=O)CC(C)C. The summed E-state index contributed by atoms with van der Waals surface area (Å²) in [6, 6.07) is -0.197. The number of hydrogen-bond acceptors (Lipinski definition) is 11. The fraction of sp³-hybridized carbons (Fsp3) is 0.894. The van der Waals surface area contributed by atoms with Crippen molar-refractivity contribution >= 4 is 41.4 Å². The van der Waals surface area contributed by atoms with Crippen molar-refractivity contribution in [1.82, 2.24) is 36.0 Å². The van der Waals surface area contributed by atoms with Crippen LogP contribution >= 0.6 is 0 Å². The Kier molecular flexibility index (Phi) is 54.2. The zero-order valence-corrected chi connectivity index (χ0v) is 58.4. The Labute approximate surface area is 514 Å². The van der Waals surface area contributed by atoms with E-state index in [1.165, 1.54) is 51.4 Å². The number of likely N-dealkylation sites (N-methyl/N-ethyl adjacent to an activating group) is 2. The Bertz CT molecular complexity index is 1700. The highest BCUT2D eigenvalue weighted by Crippen LogP contribution is 2.26. The van der Waals surface area contributed by atoms with Gasteiger partial charge in [-0.05, 0) is 127 Å². The van der Waals surface area contributed by atoms with E-state index in [2.05, 4.69) is 49.0 Å². The van der Waals surface area contributed by atoms with Crippen LogP contribution in [0.1, 0.15) is 242 Å². The minimum atomic E-state index is -0.813. The molecule has 0 aromatic heterocycles. The molecule has 2 atom stereocenters. The Morgan fingerprint density at radius 1 is 0.452 bits per heavy atom. The molecule has 2 aliphatic rings. The van der Waals surface area contributed by atoms with E-state index in [9.17, 15) is 43.8 Å². The highest BCUT2D eigenvalue weighted by atomic mass is 16.3. The molecule has 0 heterocycles.